The molecule has 0 saturated heterocycles. The van der Waals surface area contributed by atoms with Gasteiger partial charge in [0.05, 0.1) is 16.1 Å². The number of hydrogen-bond donors (Lipinski definition) is 1. The zero-order chi connectivity index (χ0) is 16.4. The molecular formula is C14H7ClFNO5. The minimum absolute atomic E-state index is 0.187. The molecule has 1 N–H and O–H groups in total. The van der Waals surface area contributed by atoms with Crippen molar-refractivity contribution in [1.82, 2.24) is 0 Å². The molecule has 2 aromatic rings. The lowest BCUT2D eigenvalue weighted by molar-refractivity contribution is -0.384. The minimum Gasteiger partial charge on any atom is -0.478 e. The molecule has 2 aromatic carbocycles. The molecule has 22 heavy (non-hydrogen) atoms. The predicted octanol–water partition coefficient (Wildman–Crippen LogP) is 3.32. The molecule has 0 saturated carbocycles. The maximum absolute atomic E-state index is 13.8. The van der Waals surface area contributed by atoms with Gasteiger partial charge in [-0.1, -0.05) is 17.7 Å². The standard InChI is InChI=1S/C14H7ClFNO5/c15-9-5-4-7(6-11(9)17(21)22)13(18)12-8(14(19)20)2-1-3-10(12)16/h1-6H,(H,19,20). The smallest absolute Gasteiger partial charge is 0.336 e. The van der Waals surface area contributed by atoms with Crippen LogP contribution in [0.4, 0.5) is 10.1 Å². The predicted molar refractivity (Wildman–Crippen MR) is 74.9 cm³/mol. The number of carbonyl (C=O) groups is 2. The summed E-state index contributed by atoms with van der Waals surface area (Å²) in [6.07, 6.45) is 0. The first kappa shape index (κ1) is 15.6. The molecule has 0 aliphatic carbocycles. The van der Waals surface area contributed by atoms with Crippen molar-refractivity contribution in [2.75, 3.05) is 0 Å². The second-order valence-corrected chi connectivity index (χ2v) is 4.63. The van der Waals surface area contributed by atoms with E-state index in [4.69, 9.17) is 16.7 Å². The second-order valence-electron chi connectivity index (χ2n) is 4.22. The topological polar surface area (TPSA) is 97.5 Å². The fourth-order valence-corrected chi connectivity index (χ4v) is 2.06. The minimum atomic E-state index is -1.48. The number of nitro groups is 1. The van der Waals surface area contributed by atoms with Gasteiger partial charge in [-0.2, -0.15) is 0 Å². The summed E-state index contributed by atoms with van der Waals surface area (Å²) >= 11 is 5.63. The number of carbonyl (C=O) groups excluding carboxylic acids is 1. The van der Waals surface area contributed by atoms with Gasteiger partial charge in [-0.3, -0.25) is 14.9 Å². The van der Waals surface area contributed by atoms with Crippen LogP contribution in [-0.4, -0.2) is 21.8 Å². The normalized spacial score (nSPS) is 10.3. The highest BCUT2D eigenvalue weighted by molar-refractivity contribution is 6.32. The van der Waals surface area contributed by atoms with Crippen LogP contribution >= 0.6 is 11.6 Å². The second kappa shape index (κ2) is 5.90. The van der Waals surface area contributed by atoms with Crippen molar-refractivity contribution < 1.29 is 24.0 Å². The van der Waals surface area contributed by atoms with Gasteiger partial charge >= 0.3 is 5.97 Å². The highest BCUT2D eigenvalue weighted by Crippen LogP contribution is 2.27. The summed E-state index contributed by atoms with van der Waals surface area (Å²) in [7, 11) is 0. The van der Waals surface area contributed by atoms with Crippen LogP contribution in [0.5, 0.6) is 0 Å². The number of nitrogens with zero attached hydrogens (tertiary/aromatic N) is 1. The van der Waals surface area contributed by atoms with Gasteiger partial charge in [-0.05, 0) is 24.3 Å². The van der Waals surface area contributed by atoms with E-state index in [9.17, 15) is 24.1 Å². The van der Waals surface area contributed by atoms with Crippen molar-refractivity contribution in [3.05, 3.63) is 74.0 Å². The molecule has 0 aromatic heterocycles. The summed E-state index contributed by atoms with van der Waals surface area (Å²) in [6, 6.07) is 6.32. The van der Waals surface area contributed by atoms with Gasteiger partial charge in [0, 0.05) is 11.6 Å². The molecule has 2 rings (SSSR count). The maximum atomic E-state index is 13.8. The first-order chi connectivity index (χ1) is 10.3. The van der Waals surface area contributed by atoms with Gasteiger partial charge in [-0.25, -0.2) is 9.18 Å². The third-order valence-corrected chi connectivity index (χ3v) is 3.20. The highest BCUT2D eigenvalue weighted by atomic mass is 35.5. The van der Waals surface area contributed by atoms with E-state index in [1.165, 1.54) is 0 Å². The van der Waals surface area contributed by atoms with Crippen LogP contribution in [0.3, 0.4) is 0 Å². The van der Waals surface area contributed by atoms with Gasteiger partial charge in [0.2, 0.25) is 0 Å². The number of carboxylic acid groups (broad SMARTS) is 1. The lowest BCUT2D eigenvalue weighted by atomic mass is 9.97. The molecule has 0 aliphatic heterocycles. The summed E-state index contributed by atoms with van der Waals surface area (Å²) in [4.78, 5) is 33.4. The number of benzene rings is 2. The zero-order valence-corrected chi connectivity index (χ0v) is 11.5. The number of nitro benzene ring substituents is 1. The Morgan fingerprint density at radius 2 is 1.91 bits per heavy atom. The molecule has 6 nitrogen and oxygen atoms in total. The van der Waals surface area contributed by atoms with Crippen molar-refractivity contribution in [3.8, 4) is 0 Å². The molecule has 112 valence electrons. The summed E-state index contributed by atoms with van der Waals surface area (Å²) in [5.41, 5.74) is -1.95. The molecule has 8 heteroatoms. The highest BCUT2D eigenvalue weighted by Gasteiger charge is 2.24. The number of rotatable bonds is 4. The Morgan fingerprint density at radius 3 is 2.50 bits per heavy atom. The Kier molecular flexibility index (Phi) is 4.18. The van der Waals surface area contributed by atoms with Crippen LogP contribution in [0.15, 0.2) is 36.4 Å². The molecule has 0 spiro atoms. The Balaban J connectivity index is 2.61. The fourth-order valence-electron chi connectivity index (χ4n) is 1.87. The van der Waals surface area contributed by atoms with Crippen LogP contribution in [0.25, 0.3) is 0 Å². The number of aromatic carboxylic acids is 1. The van der Waals surface area contributed by atoms with Crippen LogP contribution in [0.2, 0.25) is 5.02 Å². The van der Waals surface area contributed by atoms with E-state index in [-0.39, 0.29) is 10.6 Å². The summed E-state index contributed by atoms with van der Waals surface area (Å²) in [5.74, 6) is -3.48. The van der Waals surface area contributed by atoms with Gasteiger partial charge in [0.25, 0.3) is 5.69 Å². The van der Waals surface area contributed by atoms with Crippen LogP contribution in [-0.2, 0) is 0 Å². The van der Waals surface area contributed by atoms with Gasteiger partial charge in [0.1, 0.15) is 10.8 Å². The molecule has 0 atom stereocenters. The molecule has 0 fully saturated rings. The zero-order valence-electron chi connectivity index (χ0n) is 10.7. The number of ketones is 1. The summed E-state index contributed by atoms with van der Waals surface area (Å²) in [5, 5.41) is 19.7. The van der Waals surface area contributed by atoms with Crippen molar-refractivity contribution in [3.63, 3.8) is 0 Å². The molecule has 0 radical (unpaired) electrons. The van der Waals surface area contributed by atoms with Crippen LogP contribution in [0.1, 0.15) is 26.3 Å². The molecular weight excluding hydrogens is 317 g/mol. The van der Waals surface area contributed by atoms with Crippen LogP contribution in [0, 0.1) is 15.9 Å². The SMILES string of the molecule is O=C(O)c1cccc(F)c1C(=O)c1ccc(Cl)c([N+](=O)[O-])c1. The van der Waals surface area contributed by atoms with E-state index < -0.39 is 39.3 Å². The number of halogens is 2. The van der Waals surface area contributed by atoms with E-state index in [0.717, 1.165) is 36.4 Å². The van der Waals surface area contributed by atoms with Crippen LogP contribution < -0.4 is 0 Å². The Labute approximate surface area is 127 Å². The quantitative estimate of drug-likeness (QED) is 0.529. The largest absolute Gasteiger partial charge is 0.478 e. The Bertz CT molecular complexity index is 806. The lowest BCUT2D eigenvalue weighted by Gasteiger charge is -2.07. The van der Waals surface area contributed by atoms with E-state index >= 15 is 0 Å². The average Bonchev–Trinajstić information content (AvgIpc) is 2.46. The Morgan fingerprint density at radius 1 is 1.23 bits per heavy atom. The molecule has 0 bridgehead atoms. The first-order valence-corrected chi connectivity index (χ1v) is 6.21. The molecule has 0 heterocycles. The molecule has 0 unspecified atom stereocenters. The van der Waals surface area contributed by atoms with Gasteiger partial charge < -0.3 is 5.11 Å². The van der Waals surface area contributed by atoms with E-state index in [0.29, 0.717) is 0 Å². The average molecular weight is 324 g/mol. The Hall–Kier alpha value is -2.80. The molecule has 0 amide bonds. The van der Waals surface area contributed by atoms with Crippen molar-refractivity contribution in [2.45, 2.75) is 0 Å². The van der Waals surface area contributed by atoms with Gasteiger partial charge in [-0.15, -0.1) is 0 Å². The summed E-state index contributed by atoms with van der Waals surface area (Å²) < 4.78 is 13.8. The fraction of sp³-hybridized carbons (Fsp3) is 0. The van der Waals surface area contributed by atoms with E-state index in [2.05, 4.69) is 0 Å². The number of hydrogen-bond acceptors (Lipinski definition) is 4. The molecule has 0 aliphatic rings. The van der Waals surface area contributed by atoms with Crippen molar-refractivity contribution in [2.24, 2.45) is 0 Å². The lowest BCUT2D eigenvalue weighted by Crippen LogP contribution is -2.12. The van der Waals surface area contributed by atoms with Gasteiger partial charge in [0.15, 0.2) is 5.78 Å². The van der Waals surface area contributed by atoms with Crippen molar-refractivity contribution >= 4 is 29.0 Å². The van der Waals surface area contributed by atoms with E-state index in [1.807, 2.05) is 0 Å². The third kappa shape index (κ3) is 2.79. The number of carboxylic acids is 1. The summed E-state index contributed by atoms with van der Waals surface area (Å²) in [6.45, 7) is 0. The van der Waals surface area contributed by atoms with E-state index in [1.54, 1.807) is 0 Å². The first-order valence-electron chi connectivity index (χ1n) is 5.83. The monoisotopic (exact) mass is 323 g/mol. The van der Waals surface area contributed by atoms with Crippen molar-refractivity contribution in [1.29, 1.82) is 0 Å². The third-order valence-electron chi connectivity index (χ3n) is 2.88. The maximum Gasteiger partial charge on any atom is 0.336 e.